The van der Waals surface area contributed by atoms with Gasteiger partial charge in [0.1, 0.15) is 6.61 Å². The zero-order valence-electron chi connectivity index (χ0n) is 16.8. The zero-order valence-corrected chi connectivity index (χ0v) is 18.3. The first-order valence-corrected chi connectivity index (χ1v) is 10.8. The lowest BCUT2D eigenvalue weighted by molar-refractivity contribution is 0.0990. The van der Waals surface area contributed by atoms with Crippen LogP contribution in [0.15, 0.2) is 84.4 Å². The minimum Gasteiger partial charge on any atom is -0.486 e. The van der Waals surface area contributed by atoms with Crippen LogP contribution in [0.5, 0.6) is 5.75 Å². The quantitative estimate of drug-likeness (QED) is 0.240. The van der Waals surface area contributed by atoms with Crippen LogP contribution in [0.1, 0.15) is 31.8 Å². The number of ketones is 2. The molecule has 0 bridgehead atoms. The predicted molar refractivity (Wildman–Crippen MR) is 128 cm³/mol. The molecule has 0 atom stereocenters. The van der Waals surface area contributed by atoms with Crippen LogP contribution in [-0.4, -0.2) is 11.6 Å². The molecule has 5 heteroatoms. The van der Waals surface area contributed by atoms with Crippen molar-refractivity contribution in [2.75, 3.05) is 0 Å². The van der Waals surface area contributed by atoms with Crippen LogP contribution in [0.3, 0.4) is 0 Å². The van der Waals surface area contributed by atoms with Crippen LogP contribution in [-0.2, 0) is 6.61 Å². The first kappa shape index (κ1) is 20.5. The molecule has 0 aliphatic heterocycles. The van der Waals surface area contributed by atoms with Crippen LogP contribution in [0.2, 0.25) is 10.0 Å². The Bertz CT molecular complexity index is 1380. The topological polar surface area (TPSA) is 43.4 Å². The van der Waals surface area contributed by atoms with E-state index in [1.807, 2.05) is 30.3 Å². The van der Waals surface area contributed by atoms with Gasteiger partial charge in [-0.15, -0.1) is 0 Å². The SMILES string of the molecule is O=C1C(=Cc2cc(Cl)c(OCc3ccc4ccccc4c3)c(Cl)c2)C(=O)c2ccccc21. The molecule has 0 spiro atoms. The van der Waals surface area contributed by atoms with Crippen LogP contribution < -0.4 is 4.74 Å². The molecule has 0 heterocycles. The van der Waals surface area contributed by atoms with Gasteiger partial charge in [0.25, 0.3) is 0 Å². The molecule has 0 fully saturated rings. The summed E-state index contributed by atoms with van der Waals surface area (Å²) in [5.41, 5.74) is 2.47. The highest BCUT2D eigenvalue weighted by Gasteiger charge is 2.32. The Hall–Kier alpha value is -3.40. The van der Waals surface area contributed by atoms with E-state index in [1.54, 1.807) is 36.4 Å². The van der Waals surface area contributed by atoms with Gasteiger partial charge >= 0.3 is 0 Å². The Balaban J connectivity index is 1.39. The number of carbonyl (C=O) groups is 2. The van der Waals surface area contributed by atoms with Gasteiger partial charge < -0.3 is 4.74 Å². The van der Waals surface area contributed by atoms with Crippen molar-refractivity contribution in [2.24, 2.45) is 0 Å². The third-order valence-electron chi connectivity index (χ3n) is 5.43. The second kappa shape index (κ2) is 8.27. The molecule has 0 N–H and O–H groups in total. The third-order valence-corrected chi connectivity index (χ3v) is 6.00. The number of allylic oxidation sites excluding steroid dienone is 1. The summed E-state index contributed by atoms with van der Waals surface area (Å²) in [4.78, 5) is 25.2. The minimum absolute atomic E-state index is 0.100. The highest BCUT2D eigenvalue weighted by molar-refractivity contribution is 6.41. The average Bonchev–Trinajstić information content (AvgIpc) is 3.03. The van der Waals surface area contributed by atoms with E-state index in [1.165, 1.54) is 6.08 Å². The van der Waals surface area contributed by atoms with Crippen molar-refractivity contribution in [1.29, 1.82) is 0 Å². The van der Waals surface area contributed by atoms with Crippen molar-refractivity contribution >= 4 is 51.6 Å². The molecule has 5 rings (SSSR count). The first-order chi connectivity index (χ1) is 15.5. The molecule has 0 aromatic heterocycles. The van der Waals surface area contributed by atoms with Gasteiger partial charge in [0.2, 0.25) is 0 Å². The number of benzene rings is 4. The van der Waals surface area contributed by atoms with Crippen LogP contribution in [0.25, 0.3) is 16.8 Å². The van der Waals surface area contributed by atoms with Crippen molar-refractivity contribution in [1.82, 2.24) is 0 Å². The number of hydrogen-bond acceptors (Lipinski definition) is 3. The van der Waals surface area contributed by atoms with Crippen molar-refractivity contribution in [3.05, 3.63) is 117 Å². The Kier molecular flexibility index (Phi) is 5.30. The summed E-state index contributed by atoms with van der Waals surface area (Å²) in [7, 11) is 0. The monoisotopic (exact) mass is 458 g/mol. The van der Waals surface area contributed by atoms with Gasteiger partial charge in [0.05, 0.1) is 15.6 Å². The number of hydrogen-bond donors (Lipinski definition) is 0. The molecule has 0 amide bonds. The molecule has 32 heavy (non-hydrogen) atoms. The summed E-state index contributed by atoms with van der Waals surface area (Å²) >= 11 is 12.9. The molecule has 0 radical (unpaired) electrons. The van der Waals surface area contributed by atoms with Gasteiger partial charge in [0, 0.05) is 11.1 Å². The van der Waals surface area contributed by atoms with E-state index in [9.17, 15) is 9.59 Å². The molecular formula is C27H16Cl2O3. The highest BCUT2D eigenvalue weighted by atomic mass is 35.5. The maximum absolute atomic E-state index is 12.6. The van der Waals surface area contributed by atoms with Crippen LogP contribution in [0.4, 0.5) is 0 Å². The molecular weight excluding hydrogens is 443 g/mol. The summed E-state index contributed by atoms with van der Waals surface area (Å²) in [6.07, 6.45) is 1.52. The first-order valence-electron chi connectivity index (χ1n) is 10.0. The highest BCUT2D eigenvalue weighted by Crippen LogP contribution is 2.36. The fraction of sp³-hybridized carbons (Fsp3) is 0.0370. The molecule has 0 saturated heterocycles. The molecule has 0 unspecified atom stereocenters. The molecule has 1 aliphatic carbocycles. The van der Waals surface area contributed by atoms with Crippen molar-refractivity contribution in [2.45, 2.75) is 6.61 Å². The predicted octanol–water partition coefficient (Wildman–Crippen LogP) is 7.19. The fourth-order valence-electron chi connectivity index (χ4n) is 3.85. The smallest absolute Gasteiger partial charge is 0.197 e. The van der Waals surface area contributed by atoms with Crippen molar-refractivity contribution in [3.8, 4) is 5.75 Å². The maximum atomic E-state index is 12.6. The minimum atomic E-state index is -0.297. The molecule has 3 nitrogen and oxygen atoms in total. The van der Waals surface area contributed by atoms with Crippen LogP contribution >= 0.6 is 23.2 Å². The number of Topliss-reactive ketones (excluding diaryl/α,β-unsaturated/α-hetero) is 2. The second-order valence-electron chi connectivity index (χ2n) is 7.55. The second-order valence-corrected chi connectivity index (χ2v) is 8.36. The molecule has 1 aliphatic rings. The van der Waals surface area contributed by atoms with Gasteiger partial charge in [-0.2, -0.15) is 0 Å². The third kappa shape index (κ3) is 3.70. The number of halogens is 2. The van der Waals surface area contributed by atoms with Gasteiger partial charge in [-0.25, -0.2) is 0 Å². The van der Waals surface area contributed by atoms with E-state index in [0.717, 1.165) is 16.3 Å². The lowest BCUT2D eigenvalue weighted by atomic mass is 10.1. The summed E-state index contributed by atoms with van der Waals surface area (Å²) in [6.45, 7) is 0.303. The van der Waals surface area contributed by atoms with E-state index < -0.39 is 0 Å². The standard InChI is InChI=1S/C27H16Cl2O3/c28-23-13-17(12-22-25(30)20-7-3-4-8-21(20)26(22)31)14-24(29)27(23)32-15-16-9-10-18-5-1-2-6-19(18)11-16/h1-14H,15H2. The summed E-state index contributed by atoms with van der Waals surface area (Å²) < 4.78 is 5.90. The lowest BCUT2D eigenvalue weighted by Crippen LogP contribution is -2.01. The van der Waals surface area contributed by atoms with Crippen molar-refractivity contribution < 1.29 is 14.3 Å². The molecule has 156 valence electrons. The Morgan fingerprint density at radius 1 is 0.719 bits per heavy atom. The van der Waals surface area contributed by atoms with Crippen LogP contribution in [0, 0.1) is 0 Å². The number of ether oxygens (including phenoxy) is 1. The van der Waals surface area contributed by atoms with Crippen molar-refractivity contribution in [3.63, 3.8) is 0 Å². The summed E-state index contributed by atoms with van der Waals surface area (Å²) in [5, 5.41) is 2.89. The molecule has 0 saturated carbocycles. The zero-order chi connectivity index (χ0) is 22.2. The molecule has 4 aromatic rings. The number of carbonyl (C=O) groups excluding carboxylic acids is 2. The molecule has 4 aromatic carbocycles. The maximum Gasteiger partial charge on any atom is 0.197 e. The van der Waals surface area contributed by atoms with E-state index in [4.69, 9.17) is 27.9 Å². The normalized spacial score (nSPS) is 12.9. The van der Waals surface area contributed by atoms with Gasteiger partial charge in [-0.1, -0.05) is 83.9 Å². The summed E-state index contributed by atoms with van der Waals surface area (Å²) in [5.74, 6) is -0.236. The Labute approximate surface area is 194 Å². The fourth-order valence-corrected chi connectivity index (χ4v) is 4.47. The van der Waals surface area contributed by atoms with Gasteiger partial charge in [-0.3, -0.25) is 9.59 Å². The Morgan fingerprint density at radius 3 is 1.97 bits per heavy atom. The largest absolute Gasteiger partial charge is 0.486 e. The van der Waals surface area contributed by atoms with Gasteiger partial charge in [0.15, 0.2) is 17.3 Å². The van der Waals surface area contributed by atoms with E-state index in [0.29, 0.717) is 39.1 Å². The average molecular weight is 459 g/mol. The van der Waals surface area contributed by atoms with E-state index in [2.05, 4.69) is 12.1 Å². The lowest BCUT2D eigenvalue weighted by Gasteiger charge is -2.12. The number of rotatable bonds is 4. The van der Waals surface area contributed by atoms with E-state index >= 15 is 0 Å². The van der Waals surface area contributed by atoms with Gasteiger partial charge in [-0.05, 0) is 46.2 Å². The summed E-state index contributed by atoms with van der Waals surface area (Å²) in [6, 6.07) is 24.3. The Morgan fingerprint density at radius 2 is 1.31 bits per heavy atom. The van der Waals surface area contributed by atoms with E-state index in [-0.39, 0.29) is 17.1 Å². The number of fused-ring (bicyclic) bond motifs is 2.